The van der Waals surface area contributed by atoms with Gasteiger partial charge >= 0.3 is 0 Å². The first kappa shape index (κ1) is 6.62. The average molecular weight is 215 g/mol. The maximum Gasteiger partial charge on any atom is 0.0484 e. The van der Waals surface area contributed by atoms with Gasteiger partial charge in [0.05, 0.1) is 0 Å². The van der Waals surface area contributed by atoms with Crippen LogP contribution < -0.4 is 0 Å². The van der Waals surface area contributed by atoms with Gasteiger partial charge in [0.15, 0.2) is 0 Å². The molecule has 0 bridgehead atoms. The molecule has 0 aromatic carbocycles. The zero-order chi connectivity index (χ0) is 4.83. The smallest absolute Gasteiger partial charge is 0.0484 e. The summed E-state index contributed by atoms with van der Waals surface area (Å²) in [5.41, 5.74) is 0. The van der Waals surface area contributed by atoms with Crippen LogP contribution in [0.3, 0.4) is 0 Å². The van der Waals surface area contributed by atoms with Gasteiger partial charge in [-0.05, 0) is 40.7 Å². The first-order chi connectivity index (χ1) is 2.91. The second-order valence-corrected chi connectivity index (χ2v) is 2.81. The van der Waals surface area contributed by atoms with Crippen molar-refractivity contribution in [3.63, 3.8) is 0 Å². The maximum atomic E-state index is 3.94. The topological polar surface area (TPSA) is 12.4 Å². The second kappa shape index (κ2) is 5.62. The molecule has 0 aliphatic heterocycles. The number of rotatable bonds is 1. The summed E-state index contributed by atoms with van der Waals surface area (Å²) >= 11 is 3.65. The molecule has 0 aromatic rings. The van der Waals surface area contributed by atoms with Crippen molar-refractivity contribution in [1.29, 1.82) is 0 Å². The van der Waals surface area contributed by atoms with Crippen LogP contribution in [0.1, 0.15) is 6.92 Å². The third-order valence-corrected chi connectivity index (χ3v) is 1.41. The largest absolute Gasteiger partial charge is 0.230 e. The molecule has 0 rings (SSSR count). The Kier molecular flexibility index (Phi) is 6.20. The summed E-state index contributed by atoms with van der Waals surface area (Å²) in [4.78, 5) is 0. The van der Waals surface area contributed by atoms with Crippen LogP contribution in [-0.2, 0) is 11.1 Å². The zero-order valence-corrected chi connectivity index (χ0v) is 6.49. The Bertz CT molecular complexity index is 74.9. The zero-order valence-electron chi connectivity index (χ0n) is 3.52. The van der Waals surface area contributed by atoms with Crippen molar-refractivity contribution >= 4 is 37.1 Å². The van der Waals surface area contributed by atoms with Gasteiger partial charge in [-0.3, -0.25) is 0 Å². The minimum Gasteiger partial charge on any atom is -0.230 e. The summed E-state index contributed by atoms with van der Waals surface area (Å²) in [5, 5.41) is 0. The normalized spacial score (nSPS) is 7.00. The highest BCUT2D eigenvalue weighted by Gasteiger charge is 1.52. The van der Waals surface area contributed by atoms with Gasteiger partial charge in [-0.1, -0.05) is 0 Å². The van der Waals surface area contributed by atoms with Gasteiger partial charge in [0.2, 0.25) is 0 Å². The van der Waals surface area contributed by atoms with Gasteiger partial charge < -0.3 is 0 Å². The third kappa shape index (κ3) is 4.62. The predicted molar refractivity (Wildman–Crippen MR) is 40.4 cm³/mol. The monoisotopic (exact) mass is 215 g/mol. The van der Waals surface area contributed by atoms with Crippen molar-refractivity contribution in [2.75, 3.05) is 6.54 Å². The Morgan fingerprint density at radius 2 is 2.67 bits per heavy atom. The van der Waals surface area contributed by atoms with E-state index < -0.39 is 0 Å². The van der Waals surface area contributed by atoms with Crippen LogP contribution in [0.15, 0.2) is 4.36 Å². The second-order valence-electron chi connectivity index (χ2n) is 0.640. The summed E-state index contributed by atoms with van der Waals surface area (Å²) < 4.78 is 5.88. The van der Waals surface area contributed by atoms with Gasteiger partial charge in [0.1, 0.15) is 0 Å². The fourth-order valence-corrected chi connectivity index (χ4v) is 0.791. The lowest BCUT2D eigenvalue weighted by atomic mass is 10.8. The fraction of sp³-hybridized carbons (Fsp3) is 0.667. The van der Waals surface area contributed by atoms with Crippen LogP contribution in [0.25, 0.3) is 0 Å². The summed E-state index contributed by atoms with van der Waals surface area (Å²) in [6, 6.07) is 0. The van der Waals surface area contributed by atoms with Crippen LogP contribution in [-0.4, -0.2) is 9.92 Å². The van der Waals surface area contributed by atoms with E-state index in [1.54, 1.807) is 0 Å². The molecule has 6 heavy (non-hydrogen) atoms. The Morgan fingerprint density at radius 3 is 2.83 bits per heavy atom. The van der Waals surface area contributed by atoms with E-state index in [4.69, 9.17) is 0 Å². The summed E-state index contributed by atoms with van der Waals surface area (Å²) in [7, 11) is 0. The lowest BCUT2D eigenvalue weighted by molar-refractivity contribution is 1.16. The van der Waals surface area contributed by atoms with Gasteiger partial charge in [-0.2, -0.15) is 0 Å². The van der Waals surface area contributed by atoms with E-state index in [0.29, 0.717) is 0 Å². The highest BCUT2D eigenvalue weighted by atomic mass is 127. The Labute approximate surface area is 55.0 Å². The van der Waals surface area contributed by atoms with Gasteiger partial charge in [0, 0.05) is 9.92 Å². The Balaban J connectivity index is 3.18. The first-order valence-electron chi connectivity index (χ1n) is 1.66. The van der Waals surface area contributed by atoms with E-state index in [-0.39, 0.29) is 0 Å². The molecule has 36 valence electrons. The van der Waals surface area contributed by atoms with Crippen molar-refractivity contribution in [2.24, 2.45) is 4.36 Å². The molecule has 1 nitrogen and oxygen atoms in total. The van der Waals surface area contributed by atoms with Crippen molar-refractivity contribution in [3.05, 3.63) is 0 Å². The van der Waals surface area contributed by atoms with E-state index in [1.165, 1.54) is 11.1 Å². The molecular formula is C3H6INS. The SMILES string of the molecule is CCN=S=CI. The van der Waals surface area contributed by atoms with Crippen LogP contribution in [0.2, 0.25) is 0 Å². The molecule has 3 heteroatoms. The summed E-state index contributed by atoms with van der Waals surface area (Å²) in [6.07, 6.45) is 0. The number of nitrogens with zero attached hydrogens (tertiary/aromatic N) is 1. The van der Waals surface area contributed by atoms with Gasteiger partial charge in [-0.15, -0.1) is 0 Å². The molecule has 0 atom stereocenters. The molecule has 0 aromatic heterocycles. The van der Waals surface area contributed by atoms with E-state index in [2.05, 4.69) is 27.0 Å². The molecular weight excluding hydrogens is 209 g/mol. The van der Waals surface area contributed by atoms with Gasteiger partial charge in [0.25, 0.3) is 0 Å². The van der Waals surface area contributed by atoms with Crippen molar-refractivity contribution in [3.8, 4) is 0 Å². The molecule has 0 saturated heterocycles. The van der Waals surface area contributed by atoms with Crippen LogP contribution in [0.4, 0.5) is 0 Å². The van der Waals surface area contributed by atoms with Crippen LogP contribution >= 0.6 is 22.6 Å². The third-order valence-electron chi connectivity index (χ3n) is 0.243. The number of hydrogen-bond acceptors (Lipinski definition) is 1. The molecule has 0 fully saturated rings. The molecule has 0 radical (unpaired) electrons. The van der Waals surface area contributed by atoms with E-state index in [9.17, 15) is 0 Å². The molecule has 0 N–H and O–H groups in total. The number of hydrogen-bond donors (Lipinski definition) is 0. The molecule has 0 saturated carbocycles. The minimum atomic E-state index is 0.907. The quantitative estimate of drug-likeness (QED) is 0.356. The fourth-order valence-electron chi connectivity index (χ4n) is 0.103. The van der Waals surface area contributed by atoms with E-state index in [0.717, 1.165) is 6.54 Å². The standard InChI is InChI=1S/C3H6INS/c1-2-5-6-3-4/h3H,2H2,1H3. The van der Waals surface area contributed by atoms with Crippen LogP contribution in [0, 0.1) is 0 Å². The highest BCUT2D eigenvalue weighted by Crippen LogP contribution is 1.65. The average Bonchev–Trinajstić information content (AvgIpc) is 1.61. The van der Waals surface area contributed by atoms with Crippen LogP contribution in [0.5, 0.6) is 0 Å². The molecule has 0 aliphatic carbocycles. The molecule has 0 amide bonds. The Morgan fingerprint density at radius 1 is 2.00 bits per heavy atom. The lowest BCUT2D eigenvalue weighted by Crippen LogP contribution is -1.57. The predicted octanol–water partition coefficient (Wildman–Crippen LogP) is 1.47. The van der Waals surface area contributed by atoms with Gasteiger partial charge in [-0.25, -0.2) is 4.36 Å². The summed E-state index contributed by atoms with van der Waals surface area (Å²) in [6.45, 7) is 2.93. The van der Waals surface area contributed by atoms with E-state index in [1.807, 2.05) is 10.3 Å². The summed E-state index contributed by atoms with van der Waals surface area (Å²) in [5.74, 6) is 0. The molecule has 0 aliphatic rings. The van der Waals surface area contributed by atoms with E-state index >= 15 is 0 Å². The first-order valence-corrected chi connectivity index (χ1v) is 3.74. The van der Waals surface area contributed by atoms with Crippen molar-refractivity contribution in [2.45, 2.75) is 6.92 Å². The lowest BCUT2D eigenvalue weighted by Gasteiger charge is -1.63. The Hall–Kier alpha value is 0.620. The molecule has 0 unspecified atom stereocenters. The van der Waals surface area contributed by atoms with Crippen molar-refractivity contribution < 1.29 is 0 Å². The molecule has 0 spiro atoms. The maximum absolute atomic E-state index is 3.94. The highest BCUT2D eigenvalue weighted by molar-refractivity contribution is 14.1. The van der Waals surface area contributed by atoms with Crippen molar-refractivity contribution in [1.82, 2.24) is 0 Å². The minimum absolute atomic E-state index is 0.907. The molecule has 0 heterocycles. The number of halogens is 1.